The zero-order valence-electron chi connectivity index (χ0n) is 8.79. The molecule has 1 aromatic rings. The average molecular weight is 195 g/mol. The molecule has 4 nitrogen and oxygen atoms in total. The molecule has 0 amide bonds. The van der Waals surface area contributed by atoms with Crippen LogP contribution in [0.25, 0.3) is 0 Å². The van der Waals surface area contributed by atoms with Crippen LogP contribution in [0.15, 0.2) is 10.6 Å². The van der Waals surface area contributed by atoms with Gasteiger partial charge in [0.1, 0.15) is 11.5 Å². The molecule has 78 valence electrons. The molecule has 2 rings (SSSR count). The van der Waals surface area contributed by atoms with E-state index in [-0.39, 0.29) is 0 Å². The lowest BCUT2D eigenvalue weighted by atomic mass is 10.2. The number of hydrogen-bond acceptors (Lipinski definition) is 4. The fourth-order valence-corrected chi connectivity index (χ4v) is 1.88. The normalized spacial score (nSPS) is 24.9. The molecular formula is C10H17N3O. The standard InChI is InChI=1S/C10H17N3O/c1-8-6-9(12-14-8)10-7-11-4-3-5-13(10)2/h6,10-11H,3-5,7H2,1-2H3. The van der Waals surface area contributed by atoms with Crippen LogP contribution in [0.4, 0.5) is 0 Å². The molecule has 1 aliphatic rings. The number of aryl methyl sites for hydroxylation is 1. The minimum atomic E-state index is 0.356. The van der Waals surface area contributed by atoms with Crippen LogP contribution < -0.4 is 5.32 Å². The van der Waals surface area contributed by atoms with E-state index in [0.29, 0.717) is 6.04 Å². The highest BCUT2D eigenvalue weighted by atomic mass is 16.5. The first-order valence-electron chi connectivity index (χ1n) is 5.11. The summed E-state index contributed by atoms with van der Waals surface area (Å²) in [6.07, 6.45) is 1.20. The summed E-state index contributed by atoms with van der Waals surface area (Å²) in [5, 5.41) is 7.49. The number of nitrogens with one attached hydrogen (secondary N) is 1. The Balaban J connectivity index is 2.14. The molecule has 2 heterocycles. The molecule has 1 unspecified atom stereocenters. The molecule has 1 atom stereocenters. The largest absolute Gasteiger partial charge is 0.361 e. The predicted molar refractivity (Wildman–Crippen MR) is 54.1 cm³/mol. The molecule has 14 heavy (non-hydrogen) atoms. The first-order chi connectivity index (χ1) is 6.77. The van der Waals surface area contributed by atoms with Gasteiger partial charge in [0, 0.05) is 12.6 Å². The SMILES string of the molecule is Cc1cc(C2CNCCCN2C)no1. The minimum absolute atomic E-state index is 0.356. The third kappa shape index (κ3) is 1.96. The Labute approximate surface area is 84.3 Å². The fourth-order valence-electron chi connectivity index (χ4n) is 1.88. The summed E-state index contributed by atoms with van der Waals surface area (Å²) in [5.41, 5.74) is 1.04. The highest BCUT2D eigenvalue weighted by Gasteiger charge is 2.21. The van der Waals surface area contributed by atoms with Gasteiger partial charge < -0.3 is 9.84 Å². The molecule has 1 saturated heterocycles. The van der Waals surface area contributed by atoms with Crippen LogP contribution in [-0.2, 0) is 0 Å². The van der Waals surface area contributed by atoms with Crippen LogP contribution in [0.3, 0.4) is 0 Å². The van der Waals surface area contributed by atoms with Crippen molar-refractivity contribution < 1.29 is 4.52 Å². The summed E-state index contributed by atoms with van der Waals surface area (Å²) in [7, 11) is 2.14. The molecule has 0 radical (unpaired) electrons. The maximum absolute atomic E-state index is 5.10. The summed E-state index contributed by atoms with van der Waals surface area (Å²) >= 11 is 0. The second-order valence-electron chi connectivity index (χ2n) is 3.92. The summed E-state index contributed by atoms with van der Waals surface area (Å²) in [6, 6.07) is 2.38. The second-order valence-corrected chi connectivity index (χ2v) is 3.92. The highest BCUT2D eigenvalue weighted by Crippen LogP contribution is 2.19. The quantitative estimate of drug-likeness (QED) is 0.724. The number of likely N-dealkylation sites (N-methyl/N-ethyl adjacent to an activating group) is 1. The zero-order chi connectivity index (χ0) is 9.97. The van der Waals surface area contributed by atoms with E-state index in [1.807, 2.05) is 13.0 Å². The number of rotatable bonds is 1. The van der Waals surface area contributed by atoms with Crippen molar-refractivity contribution >= 4 is 0 Å². The van der Waals surface area contributed by atoms with Gasteiger partial charge >= 0.3 is 0 Å². The van der Waals surface area contributed by atoms with E-state index in [2.05, 4.69) is 22.4 Å². The van der Waals surface area contributed by atoms with Crippen molar-refractivity contribution in [1.29, 1.82) is 0 Å². The van der Waals surface area contributed by atoms with Crippen molar-refractivity contribution in [2.45, 2.75) is 19.4 Å². The molecule has 1 aromatic heterocycles. The number of nitrogens with zero attached hydrogens (tertiary/aromatic N) is 2. The van der Waals surface area contributed by atoms with Gasteiger partial charge in [0.05, 0.1) is 6.04 Å². The van der Waals surface area contributed by atoms with E-state index in [0.717, 1.165) is 31.1 Å². The molecular weight excluding hydrogens is 178 g/mol. The Morgan fingerprint density at radius 2 is 2.50 bits per heavy atom. The molecule has 0 spiro atoms. The van der Waals surface area contributed by atoms with Gasteiger partial charge in [0.2, 0.25) is 0 Å². The topological polar surface area (TPSA) is 41.3 Å². The zero-order valence-corrected chi connectivity index (χ0v) is 8.79. The van der Waals surface area contributed by atoms with Crippen molar-refractivity contribution in [3.63, 3.8) is 0 Å². The van der Waals surface area contributed by atoms with Crippen molar-refractivity contribution in [3.05, 3.63) is 17.5 Å². The van der Waals surface area contributed by atoms with E-state index in [1.54, 1.807) is 0 Å². The lowest BCUT2D eigenvalue weighted by Gasteiger charge is -2.22. The maximum Gasteiger partial charge on any atom is 0.133 e. The Morgan fingerprint density at radius 3 is 3.21 bits per heavy atom. The number of hydrogen-bond donors (Lipinski definition) is 1. The Kier molecular flexibility index (Phi) is 2.84. The van der Waals surface area contributed by atoms with Gasteiger partial charge in [-0.2, -0.15) is 0 Å². The van der Waals surface area contributed by atoms with E-state index >= 15 is 0 Å². The van der Waals surface area contributed by atoms with Gasteiger partial charge in [-0.3, -0.25) is 4.90 Å². The van der Waals surface area contributed by atoms with Crippen LogP contribution in [0.5, 0.6) is 0 Å². The third-order valence-electron chi connectivity index (χ3n) is 2.72. The van der Waals surface area contributed by atoms with E-state index in [4.69, 9.17) is 4.52 Å². The van der Waals surface area contributed by atoms with Gasteiger partial charge in [-0.25, -0.2) is 0 Å². The Morgan fingerprint density at radius 1 is 1.64 bits per heavy atom. The van der Waals surface area contributed by atoms with E-state index in [1.165, 1.54) is 6.42 Å². The molecule has 1 fully saturated rings. The Hall–Kier alpha value is -0.870. The molecule has 1 aliphatic heterocycles. The van der Waals surface area contributed by atoms with Crippen molar-refractivity contribution in [3.8, 4) is 0 Å². The molecule has 1 N–H and O–H groups in total. The molecule has 0 bridgehead atoms. The van der Waals surface area contributed by atoms with Gasteiger partial charge in [-0.1, -0.05) is 5.16 Å². The van der Waals surface area contributed by atoms with Gasteiger partial charge in [-0.05, 0) is 33.5 Å². The van der Waals surface area contributed by atoms with Crippen LogP contribution in [0, 0.1) is 6.92 Å². The van der Waals surface area contributed by atoms with E-state index in [9.17, 15) is 0 Å². The molecule has 0 saturated carbocycles. The molecule has 4 heteroatoms. The first-order valence-corrected chi connectivity index (χ1v) is 5.11. The van der Waals surface area contributed by atoms with Crippen LogP contribution in [0.2, 0.25) is 0 Å². The molecule has 0 aliphatic carbocycles. The lowest BCUT2D eigenvalue weighted by molar-refractivity contribution is 0.247. The smallest absolute Gasteiger partial charge is 0.133 e. The monoisotopic (exact) mass is 195 g/mol. The average Bonchev–Trinajstić information content (AvgIpc) is 2.46. The summed E-state index contributed by atoms with van der Waals surface area (Å²) in [6.45, 7) is 5.10. The van der Waals surface area contributed by atoms with Crippen LogP contribution in [-0.4, -0.2) is 36.7 Å². The van der Waals surface area contributed by atoms with Crippen molar-refractivity contribution in [1.82, 2.24) is 15.4 Å². The second kappa shape index (κ2) is 4.11. The number of aromatic nitrogens is 1. The Bertz CT molecular complexity index is 297. The van der Waals surface area contributed by atoms with Crippen molar-refractivity contribution in [2.24, 2.45) is 0 Å². The highest BCUT2D eigenvalue weighted by molar-refractivity contribution is 5.09. The fraction of sp³-hybridized carbons (Fsp3) is 0.700. The van der Waals surface area contributed by atoms with Crippen molar-refractivity contribution in [2.75, 3.05) is 26.7 Å². The van der Waals surface area contributed by atoms with Crippen LogP contribution >= 0.6 is 0 Å². The van der Waals surface area contributed by atoms with Crippen LogP contribution in [0.1, 0.15) is 23.9 Å². The van der Waals surface area contributed by atoms with E-state index < -0.39 is 0 Å². The maximum atomic E-state index is 5.10. The molecule has 0 aromatic carbocycles. The minimum Gasteiger partial charge on any atom is -0.361 e. The van der Waals surface area contributed by atoms with Gasteiger partial charge in [0.15, 0.2) is 0 Å². The first kappa shape index (κ1) is 9.68. The van der Waals surface area contributed by atoms with Gasteiger partial charge in [0.25, 0.3) is 0 Å². The third-order valence-corrected chi connectivity index (χ3v) is 2.72. The summed E-state index contributed by atoms with van der Waals surface area (Å²) in [4.78, 5) is 2.33. The summed E-state index contributed by atoms with van der Waals surface area (Å²) < 4.78 is 5.10. The predicted octanol–water partition coefficient (Wildman–Crippen LogP) is 0.949. The van der Waals surface area contributed by atoms with Gasteiger partial charge in [-0.15, -0.1) is 0 Å². The summed E-state index contributed by atoms with van der Waals surface area (Å²) in [5.74, 6) is 0.887. The lowest BCUT2D eigenvalue weighted by Crippen LogP contribution is -2.29.